The van der Waals surface area contributed by atoms with Gasteiger partial charge in [0.15, 0.2) is 0 Å². The summed E-state index contributed by atoms with van der Waals surface area (Å²) in [7, 11) is 0. The van der Waals surface area contributed by atoms with Gasteiger partial charge in [0.05, 0.1) is 0 Å². The van der Waals surface area contributed by atoms with Gasteiger partial charge in [-0.1, -0.05) is 38.0 Å². The van der Waals surface area contributed by atoms with Crippen molar-refractivity contribution < 1.29 is 15.0 Å². The lowest BCUT2D eigenvalue weighted by Crippen LogP contribution is -2.46. The smallest absolute Gasteiger partial charge is 0.409 e. The van der Waals surface area contributed by atoms with Crippen molar-refractivity contribution >= 4 is 28.7 Å². The lowest BCUT2D eigenvalue weighted by atomic mass is 10.1. The molecule has 0 fully saturated rings. The second-order valence-electron chi connectivity index (χ2n) is 5.31. The Bertz CT molecular complexity index is 453. The topological polar surface area (TPSA) is 60.8 Å². The van der Waals surface area contributed by atoms with Gasteiger partial charge in [-0.2, -0.15) is 0 Å². The van der Waals surface area contributed by atoms with Crippen LogP contribution in [0.15, 0.2) is 24.3 Å². The van der Waals surface area contributed by atoms with Gasteiger partial charge in [-0.05, 0) is 60.4 Å². The molecule has 2 atom stereocenters. The fourth-order valence-electron chi connectivity index (χ4n) is 2.41. The molecule has 0 aliphatic heterocycles. The van der Waals surface area contributed by atoms with Crippen LogP contribution in [0, 0.1) is 3.57 Å². The first kappa shape index (κ1) is 18.2. The van der Waals surface area contributed by atoms with Crippen molar-refractivity contribution in [1.29, 1.82) is 0 Å². The molecule has 21 heavy (non-hydrogen) atoms. The van der Waals surface area contributed by atoms with Crippen LogP contribution >= 0.6 is 22.6 Å². The quantitative estimate of drug-likeness (QED) is 0.389. The maximum Gasteiger partial charge on any atom is 0.409 e. The third-order valence-electron chi connectivity index (χ3n) is 3.56. The molecule has 0 spiro atoms. The molecule has 0 bridgehead atoms. The Balaban J connectivity index is 2.71. The van der Waals surface area contributed by atoms with Crippen molar-refractivity contribution in [3.8, 4) is 0 Å². The molecule has 0 aromatic heterocycles. The molecule has 0 saturated carbocycles. The third-order valence-corrected chi connectivity index (χ3v) is 4.61. The Kier molecular flexibility index (Phi) is 8.03. The number of benzene rings is 1. The first-order valence-electron chi connectivity index (χ1n) is 7.40. The number of nitrogens with zero attached hydrogens (tertiary/aromatic N) is 1. The lowest BCUT2D eigenvalue weighted by Gasteiger charge is -2.31. The maximum absolute atomic E-state index is 11.5. The second-order valence-corrected chi connectivity index (χ2v) is 6.47. The van der Waals surface area contributed by atoms with Crippen LogP contribution in [0.25, 0.3) is 0 Å². The minimum atomic E-state index is -1.06. The van der Waals surface area contributed by atoms with E-state index >= 15 is 0 Å². The van der Waals surface area contributed by atoms with Crippen molar-refractivity contribution in [2.45, 2.75) is 58.2 Å². The van der Waals surface area contributed by atoms with E-state index in [1.807, 2.05) is 31.2 Å². The Labute approximate surface area is 140 Å². The van der Waals surface area contributed by atoms with E-state index < -0.39 is 12.3 Å². The average molecular weight is 405 g/mol. The lowest BCUT2D eigenvalue weighted by molar-refractivity contribution is -0.0142. The molecule has 2 N–H and O–H groups in total. The van der Waals surface area contributed by atoms with Gasteiger partial charge in [-0.15, -0.1) is 0 Å². The molecule has 0 aliphatic carbocycles. The third kappa shape index (κ3) is 5.82. The molecule has 1 aromatic carbocycles. The Hall–Kier alpha value is -0.820. The molecule has 5 heteroatoms. The summed E-state index contributed by atoms with van der Waals surface area (Å²) in [5.41, 5.74) is 1.11. The van der Waals surface area contributed by atoms with Crippen LogP contribution in [-0.4, -0.2) is 33.5 Å². The largest absolute Gasteiger partial charge is 0.465 e. The Morgan fingerprint density at radius 1 is 1.33 bits per heavy atom. The van der Waals surface area contributed by atoms with E-state index in [4.69, 9.17) is 0 Å². The number of hydrogen-bond donors (Lipinski definition) is 2. The molecule has 0 unspecified atom stereocenters. The first-order valence-corrected chi connectivity index (χ1v) is 8.48. The van der Waals surface area contributed by atoms with Crippen molar-refractivity contribution in [3.63, 3.8) is 0 Å². The van der Waals surface area contributed by atoms with Gasteiger partial charge in [-0.3, -0.25) is 4.90 Å². The van der Waals surface area contributed by atoms with Gasteiger partial charge in [0.25, 0.3) is 0 Å². The Morgan fingerprint density at radius 3 is 2.57 bits per heavy atom. The van der Waals surface area contributed by atoms with E-state index in [9.17, 15) is 15.0 Å². The predicted octanol–water partition coefficient (Wildman–Crippen LogP) is 4.10. The van der Waals surface area contributed by atoms with Gasteiger partial charge >= 0.3 is 6.09 Å². The van der Waals surface area contributed by atoms with Crippen LogP contribution < -0.4 is 0 Å². The van der Waals surface area contributed by atoms with E-state index in [0.717, 1.165) is 28.4 Å². The van der Waals surface area contributed by atoms with Gasteiger partial charge in [0, 0.05) is 9.61 Å². The zero-order valence-corrected chi connectivity index (χ0v) is 14.8. The summed E-state index contributed by atoms with van der Waals surface area (Å²) in [5, 5.41) is 19.5. The fraction of sp³-hybridized carbons (Fsp3) is 0.562. The van der Waals surface area contributed by atoms with E-state index in [-0.39, 0.29) is 6.04 Å². The van der Waals surface area contributed by atoms with Crippen molar-refractivity contribution in [1.82, 2.24) is 4.90 Å². The first-order chi connectivity index (χ1) is 9.97. The van der Waals surface area contributed by atoms with Gasteiger partial charge in [0.1, 0.15) is 6.23 Å². The standard InChI is InChI=1S/C16H24INO3/c1-3-4-5-10-15(19)18(16(20)21)12(2)11-13-8-6-7-9-14(13)17/h6-9,12,15,19H,3-5,10-11H2,1-2H3,(H,20,21)/t12-,15-/m0/s1. The maximum atomic E-state index is 11.5. The van der Waals surface area contributed by atoms with Crippen molar-refractivity contribution in [2.75, 3.05) is 0 Å². The molecular formula is C16H24INO3. The van der Waals surface area contributed by atoms with Crippen LogP contribution in [-0.2, 0) is 6.42 Å². The van der Waals surface area contributed by atoms with Crippen molar-refractivity contribution in [3.05, 3.63) is 33.4 Å². The summed E-state index contributed by atoms with van der Waals surface area (Å²) in [6.45, 7) is 3.93. The van der Waals surface area contributed by atoms with E-state index in [0.29, 0.717) is 12.8 Å². The van der Waals surface area contributed by atoms with Crippen LogP contribution in [0.3, 0.4) is 0 Å². The molecular weight excluding hydrogens is 381 g/mol. The van der Waals surface area contributed by atoms with E-state index in [1.54, 1.807) is 0 Å². The monoisotopic (exact) mass is 405 g/mol. The highest BCUT2D eigenvalue weighted by Crippen LogP contribution is 2.18. The van der Waals surface area contributed by atoms with Gasteiger partial charge in [-0.25, -0.2) is 4.79 Å². The average Bonchev–Trinajstić information content (AvgIpc) is 2.41. The normalized spacial score (nSPS) is 13.7. The van der Waals surface area contributed by atoms with Crippen LogP contribution in [0.2, 0.25) is 0 Å². The number of unbranched alkanes of at least 4 members (excludes halogenated alkanes) is 2. The molecule has 4 nitrogen and oxygen atoms in total. The molecule has 0 radical (unpaired) electrons. The number of carboxylic acid groups (broad SMARTS) is 1. The summed E-state index contributed by atoms with van der Waals surface area (Å²) in [6, 6.07) is 7.67. The number of halogens is 1. The Morgan fingerprint density at radius 2 is 2.00 bits per heavy atom. The fourth-order valence-corrected chi connectivity index (χ4v) is 3.01. The SMILES string of the molecule is CCCCC[C@H](O)N(C(=O)O)[C@@H](C)Cc1ccccc1I. The molecule has 1 aromatic rings. The predicted molar refractivity (Wildman–Crippen MR) is 92.3 cm³/mol. The number of aliphatic hydroxyl groups excluding tert-OH is 1. The molecule has 0 heterocycles. The molecule has 1 amide bonds. The highest BCUT2D eigenvalue weighted by atomic mass is 127. The number of hydrogen-bond acceptors (Lipinski definition) is 2. The van der Waals surface area contributed by atoms with Crippen molar-refractivity contribution in [2.24, 2.45) is 0 Å². The molecule has 118 valence electrons. The molecule has 1 rings (SSSR count). The zero-order chi connectivity index (χ0) is 15.8. The summed E-state index contributed by atoms with van der Waals surface area (Å²) in [6.07, 6.45) is 2.03. The van der Waals surface area contributed by atoms with Crippen LogP contribution in [0.1, 0.15) is 45.1 Å². The highest BCUT2D eigenvalue weighted by Gasteiger charge is 2.26. The van der Waals surface area contributed by atoms with Crippen LogP contribution in [0.4, 0.5) is 4.79 Å². The van der Waals surface area contributed by atoms with E-state index in [1.165, 1.54) is 4.90 Å². The summed E-state index contributed by atoms with van der Waals surface area (Å²) < 4.78 is 1.12. The highest BCUT2D eigenvalue weighted by molar-refractivity contribution is 14.1. The second kappa shape index (κ2) is 9.25. The van der Waals surface area contributed by atoms with Crippen LogP contribution in [0.5, 0.6) is 0 Å². The minimum absolute atomic E-state index is 0.255. The van der Waals surface area contributed by atoms with E-state index in [2.05, 4.69) is 29.5 Å². The van der Waals surface area contributed by atoms with Gasteiger partial charge < -0.3 is 10.2 Å². The number of carbonyl (C=O) groups is 1. The molecule has 0 saturated heterocycles. The minimum Gasteiger partial charge on any atom is -0.465 e. The number of aliphatic hydroxyl groups is 1. The van der Waals surface area contributed by atoms with Gasteiger partial charge in [0.2, 0.25) is 0 Å². The number of rotatable bonds is 8. The molecule has 0 aliphatic rings. The summed E-state index contributed by atoms with van der Waals surface area (Å²) >= 11 is 2.25. The zero-order valence-electron chi connectivity index (χ0n) is 12.6. The summed E-state index contributed by atoms with van der Waals surface area (Å²) in [4.78, 5) is 12.6. The summed E-state index contributed by atoms with van der Waals surface area (Å²) in [5.74, 6) is 0. The number of amides is 1.